The zero-order chi connectivity index (χ0) is 46.9. The van der Waals surface area contributed by atoms with Crippen LogP contribution in [-0.2, 0) is 39.4 Å². The minimum absolute atomic E-state index is 0.0163. The van der Waals surface area contributed by atoms with E-state index in [1.165, 1.54) is 21.9 Å². The zero-order valence-corrected chi connectivity index (χ0v) is 38.6. The maximum atomic E-state index is 14.0. The van der Waals surface area contributed by atoms with E-state index < -0.39 is 96.2 Å². The van der Waals surface area contributed by atoms with Gasteiger partial charge in [-0.15, -0.1) is 0 Å². The van der Waals surface area contributed by atoms with E-state index in [4.69, 9.17) is 0 Å². The Morgan fingerprint density at radius 2 is 0.985 bits per heavy atom. The van der Waals surface area contributed by atoms with Crippen LogP contribution < -0.4 is 10.9 Å². The summed E-state index contributed by atoms with van der Waals surface area (Å²) in [7, 11) is -10.1. The number of allylic oxidation sites excluding steroid dienone is 1. The van der Waals surface area contributed by atoms with E-state index >= 15 is 0 Å². The van der Waals surface area contributed by atoms with Gasteiger partial charge in [-0.25, -0.2) is 15.0 Å². The smallest absolute Gasteiger partial charge is 0.325 e. The molecule has 66 heavy (non-hydrogen) atoms. The van der Waals surface area contributed by atoms with Crippen molar-refractivity contribution in [1.82, 2.24) is 30.5 Å². The van der Waals surface area contributed by atoms with Gasteiger partial charge in [-0.1, -0.05) is 83.1 Å². The Bertz CT molecular complexity index is 2290. The Hall–Kier alpha value is -4.64. The maximum Gasteiger partial charge on any atom is 0.334 e. The summed E-state index contributed by atoms with van der Waals surface area (Å²) in [6.07, 6.45) is 16.2. The van der Waals surface area contributed by atoms with Gasteiger partial charge in [-0.05, 0) is 88.0 Å². The summed E-state index contributed by atoms with van der Waals surface area (Å²) in [5.74, 6) is -4.34. The highest BCUT2D eigenvalue weighted by Gasteiger charge is 2.53. The van der Waals surface area contributed by atoms with Crippen LogP contribution in [0.5, 0.6) is 0 Å². The topological polar surface area (TPSA) is 273 Å². The van der Waals surface area contributed by atoms with Crippen molar-refractivity contribution in [2.45, 2.75) is 194 Å². The largest absolute Gasteiger partial charge is 0.334 e. The van der Waals surface area contributed by atoms with E-state index in [-0.39, 0.29) is 41.9 Å². The number of barbiturate groups is 2. The minimum atomic E-state index is -5.11. The molecular weight excluding hydrogens is 897 g/mol. The Kier molecular flexibility index (Phi) is 14.4. The van der Waals surface area contributed by atoms with Gasteiger partial charge in [-0.3, -0.25) is 47.9 Å². The summed E-state index contributed by atoms with van der Waals surface area (Å²) in [6.45, 7) is 0. The number of nitrogens with zero attached hydrogens (tertiary/aromatic N) is 6. The number of benzene rings is 1. The van der Waals surface area contributed by atoms with Crippen molar-refractivity contribution in [1.29, 1.82) is 0 Å². The molecule has 2 heterocycles. The van der Waals surface area contributed by atoms with E-state index in [0.29, 0.717) is 51.4 Å². The molecule has 8 amide bonds. The number of hydrazine groups is 1. The second kappa shape index (κ2) is 19.9. The van der Waals surface area contributed by atoms with Crippen LogP contribution in [0.1, 0.15) is 153 Å². The maximum absolute atomic E-state index is 14.0. The first kappa shape index (κ1) is 47.8. The number of hydrogen-bond donors (Lipinski definition) is 4. The third-order valence-electron chi connectivity index (χ3n) is 14.7. The minimum Gasteiger partial charge on any atom is -0.325 e. The molecule has 1 aromatic carbocycles. The van der Waals surface area contributed by atoms with Gasteiger partial charge in [0.25, 0.3) is 43.9 Å². The highest BCUT2D eigenvalue weighted by Crippen LogP contribution is 2.40. The normalized spacial score (nSPS) is 26.2. The summed E-state index contributed by atoms with van der Waals surface area (Å²) >= 11 is 0. The van der Waals surface area contributed by atoms with E-state index in [1.807, 2.05) is 0 Å². The number of azo groups is 1. The van der Waals surface area contributed by atoms with Crippen molar-refractivity contribution in [3.63, 3.8) is 0 Å². The van der Waals surface area contributed by atoms with Gasteiger partial charge in [0, 0.05) is 35.8 Å². The standard InChI is InChI=1S/C44H60N8O12S2/c53-39-37(40(54)50(30-15-7-2-8-16-30)43(57)49(39)29-13-5-1-6-14-29)47-45-27-21-23-33(35(25-27)65(59,60)61)34-24-22-28(26-36(34)66(62,63)64)46-48-38-41(55)51(31-17-9-3-10-18-31)44(58)52(42(38)56)32-19-11-4-12-20-32/h21,23,25-26,29-32,34,36-38,46,48H,1-20,22,24H2,(H,59,60,61)(H,62,63,64). The van der Waals surface area contributed by atoms with Crippen LogP contribution in [0.4, 0.5) is 15.3 Å². The van der Waals surface area contributed by atoms with Crippen molar-refractivity contribution in [2.75, 3.05) is 0 Å². The first-order valence-electron chi connectivity index (χ1n) is 23.7. The lowest BCUT2D eigenvalue weighted by Crippen LogP contribution is -2.71. The third kappa shape index (κ3) is 9.84. The number of carbonyl (C=O) groups is 6. The second-order valence-corrected chi connectivity index (χ2v) is 21.9. The fraction of sp³-hybridized carbons (Fsp3) is 0.682. The van der Waals surface area contributed by atoms with Crippen LogP contribution in [0.2, 0.25) is 0 Å². The molecule has 2 saturated heterocycles. The summed E-state index contributed by atoms with van der Waals surface area (Å²) in [5.41, 5.74) is 5.31. The number of nitrogens with one attached hydrogen (secondary N) is 2. The lowest BCUT2D eigenvalue weighted by atomic mass is 9.86. The molecule has 8 rings (SSSR count). The van der Waals surface area contributed by atoms with Gasteiger partial charge in [0.05, 0.1) is 10.6 Å². The van der Waals surface area contributed by atoms with Crippen LogP contribution in [0.3, 0.4) is 0 Å². The second-order valence-electron chi connectivity index (χ2n) is 18.9. The van der Waals surface area contributed by atoms with Crippen molar-refractivity contribution in [3.05, 3.63) is 35.5 Å². The first-order chi connectivity index (χ1) is 31.5. The average molecular weight is 957 g/mol. The number of amides is 8. The molecule has 4 saturated carbocycles. The predicted octanol–water partition coefficient (Wildman–Crippen LogP) is 5.78. The molecule has 0 radical (unpaired) electrons. The summed E-state index contributed by atoms with van der Waals surface area (Å²) in [5, 5.41) is 6.37. The van der Waals surface area contributed by atoms with Crippen LogP contribution in [-0.4, -0.2) is 123 Å². The summed E-state index contributed by atoms with van der Waals surface area (Å²) < 4.78 is 73.0. The monoisotopic (exact) mass is 956 g/mol. The molecule has 2 aliphatic heterocycles. The lowest BCUT2D eigenvalue weighted by molar-refractivity contribution is -0.151. The molecule has 22 heteroatoms. The first-order valence-corrected chi connectivity index (χ1v) is 26.6. The molecule has 7 aliphatic rings. The molecule has 5 aliphatic carbocycles. The number of imide groups is 4. The number of carbonyl (C=O) groups excluding carboxylic acids is 6. The zero-order valence-electron chi connectivity index (χ0n) is 37.0. The summed E-state index contributed by atoms with van der Waals surface area (Å²) in [4.78, 5) is 87.3. The molecule has 6 fully saturated rings. The van der Waals surface area contributed by atoms with Crippen molar-refractivity contribution < 1.29 is 54.7 Å². The molecule has 2 atom stereocenters. The molecule has 0 spiro atoms. The average Bonchev–Trinajstić information content (AvgIpc) is 3.30. The van der Waals surface area contributed by atoms with Crippen molar-refractivity contribution >= 4 is 61.6 Å². The number of rotatable bonds is 12. The molecule has 0 bridgehead atoms. The lowest BCUT2D eigenvalue weighted by Gasteiger charge is -2.45. The van der Waals surface area contributed by atoms with Crippen LogP contribution >= 0.6 is 0 Å². The highest BCUT2D eigenvalue weighted by atomic mass is 32.2. The molecule has 20 nitrogen and oxygen atoms in total. The SMILES string of the molecule is O=C1C(N=Nc2ccc(C3CCC(NNC4C(=O)N(C5CCCCC5)C(=O)N(C5CCCCC5)C4=O)=CC3S(=O)(=O)O)c(S(=O)(=O)O)c2)C(=O)N(C2CCCCC2)C(=O)N1C1CCCCC1. The van der Waals surface area contributed by atoms with Gasteiger partial charge in [0.15, 0.2) is 6.04 Å². The Morgan fingerprint density at radius 1 is 0.561 bits per heavy atom. The van der Waals surface area contributed by atoms with Crippen molar-refractivity contribution in [2.24, 2.45) is 10.2 Å². The fourth-order valence-electron chi connectivity index (χ4n) is 11.3. The Labute approximate surface area is 384 Å². The quantitative estimate of drug-likeness (QED) is 0.0838. The van der Waals surface area contributed by atoms with Gasteiger partial charge in [-0.2, -0.15) is 27.1 Å². The van der Waals surface area contributed by atoms with Crippen LogP contribution in [0, 0.1) is 0 Å². The predicted molar refractivity (Wildman–Crippen MR) is 236 cm³/mol. The van der Waals surface area contributed by atoms with Gasteiger partial charge in [0.1, 0.15) is 5.25 Å². The highest BCUT2D eigenvalue weighted by molar-refractivity contribution is 7.86. The van der Waals surface area contributed by atoms with Crippen LogP contribution in [0.25, 0.3) is 0 Å². The molecule has 0 aromatic heterocycles. The Balaban J connectivity index is 1.04. The molecule has 1 aromatic rings. The van der Waals surface area contributed by atoms with Gasteiger partial charge < -0.3 is 5.43 Å². The number of hydrogen-bond acceptors (Lipinski definition) is 14. The van der Waals surface area contributed by atoms with E-state index in [1.54, 1.807) is 0 Å². The van der Waals surface area contributed by atoms with Crippen LogP contribution in [0.15, 0.2) is 45.1 Å². The number of urea groups is 2. The molecular formula is C44H60N8O12S2. The fourth-order valence-corrected chi connectivity index (χ4v) is 13.1. The summed E-state index contributed by atoms with van der Waals surface area (Å²) in [6, 6.07) is -2.70. The van der Waals surface area contributed by atoms with Gasteiger partial charge >= 0.3 is 12.1 Å². The van der Waals surface area contributed by atoms with Gasteiger partial charge in [0.2, 0.25) is 6.04 Å². The molecule has 2 unspecified atom stereocenters. The van der Waals surface area contributed by atoms with E-state index in [2.05, 4.69) is 21.1 Å². The van der Waals surface area contributed by atoms with Crippen molar-refractivity contribution in [3.8, 4) is 0 Å². The van der Waals surface area contributed by atoms with E-state index in [0.717, 1.165) is 99.0 Å². The molecule has 4 N–H and O–H groups in total. The Morgan fingerprint density at radius 3 is 1.39 bits per heavy atom. The van der Waals surface area contributed by atoms with E-state index in [9.17, 15) is 54.7 Å². The molecule has 360 valence electrons. The third-order valence-corrected chi connectivity index (χ3v) is 16.7.